The quantitative estimate of drug-likeness (QED) is 0.794. The van der Waals surface area contributed by atoms with Crippen molar-refractivity contribution in [2.45, 2.75) is 70.4 Å². The Hall–Kier alpha value is -1.44. The first-order valence-electron chi connectivity index (χ1n) is 10.8. The Morgan fingerprint density at radius 1 is 1.07 bits per heavy atom. The van der Waals surface area contributed by atoms with E-state index in [0.29, 0.717) is 37.0 Å². The molecule has 6 nitrogen and oxygen atoms in total. The van der Waals surface area contributed by atoms with Gasteiger partial charge in [0.1, 0.15) is 0 Å². The number of amides is 1. The van der Waals surface area contributed by atoms with Crippen LogP contribution >= 0.6 is 0 Å². The van der Waals surface area contributed by atoms with Crippen molar-refractivity contribution in [2.75, 3.05) is 26.2 Å². The zero-order valence-electron chi connectivity index (χ0n) is 18.1. The smallest absolute Gasteiger partial charge is 0.243 e. The summed E-state index contributed by atoms with van der Waals surface area (Å²) < 4.78 is 27.5. The maximum Gasteiger partial charge on any atom is 0.243 e. The number of piperazine rings is 1. The highest BCUT2D eigenvalue weighted by Gasteiger charge is 2.33. The number of aryl methyl sites for hydroxylation is 2. The number of nitrogens with zero attached hydrogens (tertiary/aromatic N) is 2. The zero-order chi connectivity index (χ0) is 21.2. The fraction of sp³-hybridized carbons (Fsp3) is 0.682. The largest absolute Gasteiger partial charge is 0.352 e. The van der Waals surface area contributed by atoms with Gasteiger partial charge in [-0.1, -0.05) is 25.8 Å². The third-order valence-corrected chi connectivity index (χ3v) is 8.65. The molecule has 0 spiro atoms. The molecule has 0 radical (unpaired) electrons. The predicted molar refractivity (Wildman–Crippen MR) is 115 cm³/mol. The monoisotopic (exact) mass is 421 g/mol. The van der Waals surface area contributed by atoms with Gasteiger partial charge in [0.2, 0.25) is 15.9 Å². The van der Waals surface area contributed by atoms with Crippen LogP contribution < -0.4 is 5.32 Å². The van der Waals surface area contributed by atoms with Crippen LogP contribution in [0.2, 0.25) is 0 Å². The Balaban J connectivity index is 1.57. The molecule has 0 unspecified atom stereocenters. The first kappa shape index (κ1) is 22.2. The van der Waals surface area contributed by atoms with E-state index in [0.717, 1.165) is 17.5 Å². The van der Waals surface area contributed by atoms with Gasteiger partial charge in [0.05, 0.1) is 10.9 Å². The van der Waals surface area contributed by atoms with Crippen LogP contribution in [0.1, 0.15) is 50.7 Å². The summed E-state index contributed by atoms with van der Waals surface area (Å²) in [5.74, 6) is 0.592. The molecule has 1 aromatic rings. The molecule has 2 aliphatic rings. The number of rotatable bonds is 5. The average Bonchev–Trinajstić information content (AvgIpc) is 2.71. The molecule has 1 aliphatic carbocycles. The average molecular weight is 422 g/mol. The SMILES string of the molecule is Cc1ccc(S(=O)(=O)N2CCN([C@@H](C)C(=O)N[C@H]3CCCC[C@@H]3C)CC2)cc1C. The maximum absolute atomic E-state index is 13.0. The molecule has 2 fully saturated rings. The van der Waals surface area contributed by atoms with Crippen molar-refractivity contribution >= 4 is 15.9 Å². The number of hydrogen-bond donors (Lipinski definition) is 1. The molecule has 1 N–H and O–H groups in total. The molecule has 1 saturated carbocycles. The van der Waals surface area contributed by atoms with Crippen molar-refractivity contribution in [3.05, 3.63) is 29.3 Å². The molecule has 3 rings (SSSR count). The van der Waals surface area contributed by atoms with Gasteiger partial charge in [-0.15, -0.1) is 0 Å². The van der Waals surface area contributed by atoms with E-state index in [1.54, 1.807) is 16.4 Å². The lowest BCUT2D eigenvalue weighted by atomic mass is 9.86. The Labute approximate surface area is 175 Å². The molecule has 0 bridgehead atoms. The molecule has 7 heteroatoms. The summed E-state index contributed by atoms with van der Waals surface area (Å²) in [5.41, 5.74) is 2.06. The third kappa shape index (κ3) is 5.01. The Kier molecular flexibility index (Phi) is 7.02. The minimum Gasteiger partial charge on any atom is -0.352 e. The summed E-state index contributed by atoms with van der Waals surface area (Å²) in [4.78, 5) is 15.2. The lowest BCUT2D eigenvalue weighted by molar-refractivity contribution is -0.127. The van der Waals surface area contributed by atoms with Crippen LogP contribution in [0.4, 0.5) is 0 Å². The second-order valence-electron chi connectivity index (χ2n) is 8.74. The summed E-state index contributed by atoms with van der Waals surface area (Å²) in [5, 5.41) is 3.23. The number of carbonyl (C=O) groups excluding carboxylic acids is 1. The second kappa shape index (κ2) is 9.14. The lowest BCUT2D eigenvalue weighted by Gasteiger charge is -2.38. The Morgan fingerprint density at radius 3 is 2.34 bits per heavy atom. The highest BCUT2D eigenvalue weighted by molar-refractivity contribution is 7.89. The fourth-order valence-electron chi connectivity index (χ4n) is 4.35. The van der Waals surface area contributed by atoms with E-state index in [1.165, 1.54) is 19.3 Å². The van der Waals surface area contributed by atoms with Gasteiger partial charge < -0.3 is 5.32 Å². The normalized spacial score (nSPS) is 25.5. The summed E-state index contributed by atoms with van der Waals surface area (Å²) in [7, 11) is -3.49. The number of nitrogens with one attached hydrogen (secondary N) is 1. The summed E-state index contributed by atoms with van der Waals surface area (Å²) in [6, 6.07) is 5.32. The molecule has 1 amide bonds. The third-order valence-electron chi connectivity index (χ3n) is 6.76. The van der Waals surface area contributed by atoms with Gasteiger partial charge >= 0.3 is 0 Å². The zero-order valence-corrected chi connectivity index (χ0v) is 19.0. The number of hydrogen-bond acceptors (Lipinski definition) is 4. The predicted octanol–water partition coefficient (Wildman–Crippen LogP) is 2.69. The van der Waals surface area contributed by atoms with Crippen molar-refractivity contribution in [1.82, 2.24) is 14.5 Å². The summed E-state index contributed by atoms with van der Waals surface area (Å²) >= 11 is 0. The number of carbonyl (C=O) groups is 1. The van der Waals surface area contributed by atoms with Crippen LogP contribution in [0, 0.1) is 19.8 Å². The molecule has 1 heterocycles. The van der Waals surface area contributed by atoms with E-state index < -0.39 is 10.0 Å². The first-order valence-corrected chi connectivity index (χ1v) is 12.3. The molecular weight excluding hydrogens is 386 g/mol. The summed E-state index contributed by atoms with van der Waals surface area (Å²) in [6.45, 7) is 10.0. The van der Waals surface area contributed by atoms with Gasteiger partial charge in [-0.25, -0.2) is 8.42 Å². The molecule has 29 heavy (non-hydrogen) atoms. The topological polar surface area (TPSA) is 69.7 Å². The molecule has 1 saturated heterocycles. The van der Waals surface area contributed by atoms with Crippen molar-refractivity contribution < 1.29 is 13.2 Å². The van der Waals surface area contributed by atoms with E-state index in [1.807, 2.05) is 26.8 Å². The molecular formula is C22H35N3O3S. The van der Waals surface area contributed by atoms with Crippen LogP contribution in [0.3, 0.4) is 0 Å². The van der Waals surface area contributed by atoms with Gasteiger partial charge in [-0.3, -0.25) is 9.69 Å². The molecule has 162 valence electrons. The highest BCUT2D eigenvalue weighted by atomic mass is 32.2. The van der Waals surface area contributed by atoms with E-state index in [9.17, 15) is 13.2 Å². The van der Waals surface area contributed by atoms with Crippen LogP contribution in [0.15, 0.2) is 23.1 Å². The standard InChI is InChI=1S/C22H35N3O3S/c1-16-9-10-20(15-18(16)3)29(27,28)25-13-11-24(12-14-25)19(4)22(26)23-21-8-6-5-7-17(21)2/h9-10,15,17,19,21H,5-8,11-14H2,1-4H3,(H,23,26)/t17-,19-,21-/m0/s1. The van der Waals surface area contributed by atoms with Crippen LogP contribution in [0.25, 0.3) is 0 Å². The molecule has 1 aliphatic heterocycles. The van der Waals surface area contributed by atoms with Crippen molar-refractivity contribution in [2.24, 2.45) is 5.92 Å². The molecule has 3 atom stereocenters. The lowest BCUT2D eigenvalue weighted by Crippen LogP contribution is -2.56. The van der Waals surface area contributed by atoms with E-state index in [-0.39, 0.29) is 18.0 Å². The van der Waals surface area contributed by atoms with Gasteiger partial charge in [-0.2, -0.15) is 4.31 Å². The van der Waals surface area contributed by atoms with E-state index >= 15 is 0 Å². The van der Waals surface area contributed by atoms with Crippen LogP contribution in [0.5, 0.6) is 0 Å². The van der Waals surface area contributed by atoms with Crippen LogP contribution in [-0.4, -0.2) is 61.8 Å². The summed E-state index contributed by atoms with van der Waals surface area (Å²) in [6.07, 6.45) is 4.66. The Morgan fingerprint density at radius 2 is 1.72 bits per heavy atom. The van der Waals surface area contributed by atoms with Crippen molar-refractivity contribution in [1.29, 1.82) is 0 Å². The molecule has 1 aromatic carbocycles. The minimum absolute atomic E-state index is 0.0641. The number of sulfonamides is 1. The highest BCUT2D eigenvalue weighted by Crippen LogP contribution is 2.24. The van der Waals surface area contributed by atoms with Gasteiger partial charge in [0, 0.05) is 32.2 Å². The van der Waals surface area contributed by atoms with Gasteiger partial charge in [0.25, 0.3) is 0 Å². The Bertz CT molecular complexity index is 832. The van der Waals surface area contributed by atoms with Crippen LogP contribution in [-0.2, 0) is 14.8 Å². The van der Waals surface area contributed by atoms with Gasteiger partial charge in [-0.05, 0) is 62.8 Å². The van der Waals surface area contributed by atoms with E-state index in [2.05, 4.69) is 17.1 Å². The molecule has 0 aromatic heterocycles. The van der Waals surface area contributed by atoms with Crippen molar-refractivity contribution in [3.8, 4) is 0 Å². The fourth-order valence-corrected chi connectivity index (χ4v) is 5.86. The minimum atomic E-state index is -3.49. The second-order valence-corrected chi connectivity index (χ2v) is 10.7. The van der Waals surface area contributed by atoms with Crippen molar-refractivity contribution in [3.63, 3.8) is 0 Å². The van der Waals surface area contributed by atoms with E-state index in [4.69, 9.17) is 0 Å². The maximum atomic E-state index is 13.0. The first-order chi connectivity index (χ1) is 13.7. The number of benzene rings is 1. The van der Waals surface area contributed by atoms with Gasteiger partial charge in [0.15, 0.2) is 0 Å².